The highest BCUT2D eigenvalue weighted by Crippen LogP contribution is 2.27. The van der Waals surface area contributed by atoms with Gasteiger partial charge in [0.05, 0.1) is 5.56 Å². The molecule has 2 aliphatic rings. The Labute approximate surface area is 157 Å². The van der Waals surface area contributed by atoms with Gasteiger partial charge in [0.2, 0.25) is 5.91 Å². The zero-order valence-corrected chi connectivity index (χ0v) is 15.3. The van der Waals surface area contributed by atoms with Crippen LogP contribution in [0.2, 0.25) is 0 Å². The lowest BCUT2D eigenvalue weighted by atomic mass is 9.99. The maximum Gasteiger partial charge on any atom is 0.256 e. The number of nitrogens with zero attached hydrogens (tertiary/aromatic N) is 2. The molecule has 5 nitrogen and oxygen atoms in total. The van der Waals surface area contributed by atoms with Crippen LogP contribution in [0.3, 0.4) is 0 Å². The lowest BCUT2D eigenvalue weighted by Crippen LogP contribution is -2.51. The van der Waals surface area contributed by atoms with E-state index >= 15 is 0 Å². The highest BCUT2D eigenvalue weighted by Gasteiger charge is 2.30. The maximum atomic E-state index is 13.8. The molecule has 1 saturated heterocycles. The molecule has 1 aliphatic heterocycles. The summed E-state index contributed by atoms with van der Waals surface area (Å²) >= 11 is 0. The Morgan fingerprint density at radius 1 is 1.08 bits per heavy atom. The quantitative estimate of drug-likeness (QED) is 0.864. The molecule has 2 atom stereocenters. The Morgan fingerprint density at radius 2 is 1.73 bits per heavy atom. The van der Waals surface area contributed by atoms with Crippen LogP contribution in [0, 0.1) is 17.6 Å². The van der Waals surface area contributed by atoms with Crippen molar-refractivity contribution >= 4 is 24.2 Å². The van der Waals surface area contributed by atoms with E-state index < -0.39 is 17.5 Å². The molecule has 3 rings (SSSR count). The van der Waals surface area contributed by atoms with Crippen LogP contribution in [0.15, 0.2) is 18.2 Å². The third-order valence-corrected chi connectivity index (χ3v) is 5.24. The zero-order chi connectivity index (χ0) is 18.0. The maximum absolute atomic E-state index is 13.8. The van der Waals surface area contributed by atoms with Crippen LogP contribution in [0.5, 0.6) is 0 Å². The number of hydrogen-bond donors (Lipinski definition) is 1. The second-order valence-electron chi connectivity index (χ2n) is 6.86. The van der Waals surface area contributed by atoms with E-state index in [0.717, 1.165) is 31.4 Å². The molecule has 1 aliphatic carbocycles. The predicted octanol–water partition coefficient (Wildman–Crippen LogP) is 2.19. The van der Waals surface area contributed by atoms with Gasteiger partial charge in [0.25, 0.3) is 5.91 Å². The number of carbonyl (C=O) groups is 2. The molecule has 0 aromatic heterocycles. The first kappa shape index (κ1) is 20.6. The summed E-state index contributed by atoms with van der Waals surface area (Å²) in [7, 11) is 0. The second-order valence-corrected chi connectivity index (χ2v) is 6.86. The van der Waals surface area contributed by atoms with E-state index in [0.29, 0.717) is 38.7 Å². The number of nitrogens with two attached hydrogens (primary N) is 1. The Balaban J connectivity index is 0.00000243. The van der Waals surface area contributed by atoms with E-state index in [4.69, 9.17) is 5.73 Å². The highest BCUT2D eigenvalue weighted by molar-refractivity contribution is 5.94. The van der Waals surface area contributed by atoms with Crippen LogP contribution in [0.4, 0.5) is 8.78 Å². The van der Waals surface area contributed by atoms with Gasteiger partial charge in [-0.1, -0.05) is 6.42 Å². The Bertz CT molecular complexity index is 666. The van der Waals surface area contributed by atoms with Gasteiger partial charge in [-0.05, 0) is 30.9 Å². The van der Waals surface area contributed by atoms with Gasteiger partial charge in [0.15, 0.2) is 0 Å². The fraction of sp³-hybridized carbons (Fsp3) is 0.556. The molecule has 26 heavy (non-hydrogen) atoms. The second kappa shape index (κ2) is 8.77. The topological polar surface area (TPSA) is 66.6 Å². The highest BCUT2D eigenvalue weighted by atomic mass is 35.5. The standard InChI is InChI=1S/C18H23F2N3O2.ClH/c19-13-4-5-14(15(20)11-13)18(25)23-8-6-22(7-9-23)17(24)10-12-2-1-3-16(12)21;/h4-5,11-12,16H,1-3,6-10,21H2;1H/t12-,16+;/m0./s1. The minimum atomic E-state index is -0.862. The molecular formula is C18H24ClF2N3O2. The van der Waals surface area contributed by atoms with E-state index in [1.165, 1.54) is 4.90 Å². The summed E-state index contributed by atoms with van der Waals surface area (Å²) in [5.41, 5.74) is 5.88. The molecular weight excluding hydrogens is 364 g/mol. The van der Waals surface area contributed by atoms with Crippen LogP contribution in [0.25, 0.3) is 0 Å². The number of carbonyl (C=O) groups excluding carboxylic acids is 2. The number of benzene rings is 1. The van der Waals surface area contributed by atoms with Crippen molar-refractivity contribution in [3.63, 3.8) is 0 Å². The SMILES string of the molecule is Cl.N[C@@H]1CCC[C@H]1CC(=O)N1CCN(C(=O)c2ccc(F)cc2F)CC1. The first-order valence-corrected chi connectivity index (χ1v) is 8.73. The molecule has 2 amide bonds. The van der Waals surface area contributed by atoms with E-state index in [1.807, 2.05) is 0 Å². The van der Waals surface area contributed by atoms with Crippen LogP contribution in [-0.4, -0.2) is 53.8 Å². The normalized spacial score (nSPS) is 22.9. The van der Waals surface area contributed by atoms with Crippen molar-refractivity contribution in [2.75, 3.05) is 26.2 Å². The molecule has 1 heterocycles. The first-order valence-electron chi connectivity index (χ1n) is 8.73. The monoisotopic (exact) mass is 387 g/mol. The fourth-order valence-electron chi connectivity index (χ4n) is 3.66. The smallest absolute Gasteiger partial charge is 0.256 e. The first-order chi connectivity index (χ1) is 12.0. The van der Waals surface area contributed by atoms with E-state index in [-0.39, 0.29) is 35.8 Å². The van der Waals surface area contributed by atoms with Gasteiger partial charge in [-0.3, -0.25) is 9.59 Å². The Kier molecular flexibility index (Phi) is 6.94. The number of piperazine rings is 1. The zero-order valence-electron chi connectivity index (χ0n) is 14.5. The average molecular weight is 388 g/mol. The summed E-state index contributed by atoms with van der Waals surface area (Å²) < 4.78 is 26.7. The van der Waals surface area contributed by atoms with Gasteiger partial charge in [-0.2, -0.15) is 0 Å². The third-order valence-electron chi connectivity index (χ3n) is 5.24. The van der Waals surface area contributed by atoms with Gasteiger partial charge in [0, 0.05) is 44.7 Å². The molecule has 2 N–H and O–H groups in total. The largest absolute Gasteiger partial charge is 0.339 e. The molecule has 2 fully saturated rings. The summed E-state index contributed by atoms with van der Waals surface area (Å²) in [6.07, 6.45) is 3.50. The Morgan fingerprint density at radius 3 is 2.31 bits per heavy atom. The van der Waals surface area contributed by atoms with Crippen molar-refractivity contribution in [1.82, 2.24) is 9.80 Å². The van der Waals surface area contributed by atoms with Gasteiger partial charge in [-0.25, -0.2) is 8.78 Å². The lowest BCUT2D eigenvalue weighted by molar-refractivity contribution is -0.133. The van der Waals surface area contributed by atoms with Gasteiger partial charge in [-0.15, -0.1) is 12.4 Å². The molecule has 1 aromatic rings. The average Bonchev–Trinajstić information content (AvgIpc) is 2.99. The molecule has 0 spiro atoms. The third kappa shape index (κ3) is 4.51. The van der Waals surface area contributed by atoms with Crippen molar-refractivity contribution in [2.24, 2.45) is 11.7 Å². The van der Waals surface area contributed by atoms with Gasteiger partial charge in [0.1, 0.15) is 11.6 Å². The van der Waals surface area contributed by atoms with Crippen LogP contribution >= 0.6 is 12.4 Å². The number of rotatable bonds is 3. The van der Waals surface area contributed by atoms with Crippen LogP contribution in [-0.2, 0) is 4.79 Å². The van der Waals surface area contributed by atoms with Gasteiger partial charge >= 0.3 is 0 Å². The number of amides is 2. The van der Waals surface area contributed by atoms with E-state index in [9.17, 15) is 18.4 Å². The molecule has 1 aromatic carbocycles. The van der Waals surface area contributed by atoms with Crippen LogP contribution in [0.1, 0.15) is 36.0 Å². The summed E-state index contributed by atoms with van der Waals surface area (Å²) in [5, 5.41) is 0. The van der Waals surface area contributed by atoms with Gasteiger partial charge < -0.3 is 15.5 Å². The summed E-state index contributed by atoms with van der Waals surface area (Å²) in [6, 6.07) is 3.04. The number of hydrogen-bond acceptors (Lipinski definition) is 3. The summed E-state index contributed by atoms with van der Waals surface area (Å²) in [6.45, 7) is 1.54. The predicted molar refractivity (Wildman–Crippen MR) is 96.0 cm³/mol. The minimum absolute atomic E-state index is 0. The van der Waals surface area contributed by atoms with Crippen molar-refractivity contribution in [3.8, 4) is 0 Å². The molecule has 0 radical (unpaired) electrons. The molecule has 144 valence electrons. The lowest BCUT2D eigenvalue weighted by Gasteiger charge is -2.35. The molecule has 0 bridgehead atoms. The summed E-state index contributed by atoms with van der Waals surface area (Å²) in [5.74, 6) is -1.72. The van der Waals surface area contributed by atoms with E-state index in [2.05, 4.69) is 0 Å². The fourth-order valence-corrected chi connectivity index (χ4v) is 3.66. The molecule has 0 unspecified atom stereocenters. The summed E-state index contributed by atoms with van der Waals surface area (Å²) in [4.78, 5) is 28.0. The van der Waals surface area contributed by atoms with Crippen LogP contribution < -0.4 is 5.73 Å². The van der Waals surface area contributed by atoms with Crippen molar-refractivity contribution in [1.29, 1.82) is 0 Å². The molecule has 1 saturated carbocycles. The molecule has 8 heteroatoms. The van der Waals surface area contributed by atoms with Crippen molar-refractivity contribution in [3.05, 3.63) is 35.4 Å². The Hall–Kier alpha value is -1.73. The van der Waals surface area contributed by atoms with Crippen molar-refractivity contribution in [2.45, 2.75) is 31.7 Å². The minimum Gasteiger partial charge on any atom is -0.339 e. The van der Waals surface area contributed by atoms with Crippen molar-refractivity contribution < 1.29 is 18.4 Å². The number of halogens is 3. The van der Waals surface area contributed by atoms with E-state index in [1.54, 1.807) is 4.90 Å².